The average molecular weight is 200 g/mol. The summed E-state index contributed by atoms with van der Waals surface area (Å²) in [7, 11) is 0. The van der Waals surface area contributed by atoms with Gasteiger partial charge in [0.2, 0.25) is 0 Å². The first-order valence-corrected chi connectivity index (χ1v) is 4.27. The van der Waals surface area contributed by atoms with Crippen molar-refractivity contribution >= 4 is 17.7 Å². The molecule has 1 saturated carbocycles. The molecule has 0 unspecified atom stereocenters. The fourth-order valence-corrected chi connectivity index (χ4v) is 1.74. The van der Waals surface area contributed by atoms with Gasteiger partial charge in [-0.05, 0) is 26.7 Å². The van der Waals surface area contributed by atoms with Gasteiger partial charge in [0, 0.05) is 0 Å². The lowest BCUT2D eigenvalue weighted by Crippen LogP contribution is -2.41. The minimum absolute atomic E-state index is 0.0873. The van der Waals surface area contributed by atoms with Crippen LogP contribution in [0.4, 0.5) is 0 Å². The number of hydrogen-bond donors (Lipinski definition) is 2. The summed E-state index contributed by atoms with van der Waals surface area (Å²) in [6.45, 7) is 2.57. The van der Waals surface area contributed by atoms with E-state index in [9.17, 15) is 14.4 Å². The van der Waals surface area contributed by atoms with Crippen LogP contribution in [0.5, 0.6) is 0 Å². The molecule has 5 nitrogen and oxygen atoms in total. The zero-order valence-corrected chi connectivity index (χ0v) is 8.03. The van der Waals surface area contributed by atoms with Crippen molar-refractivity contribution in [2.24, 2.45) is 10.8 Å². The van der Waals surface area contributed by atoms with Crippen molar-refractivity contribution in [2.45, 2.75) is 26.7 Å². The van der Waals surface area contributed by atoms with Gasteiger partial charge in [0.1, 0.15) is 10.8 Å². The molecular weight excluding hydrogens is 188 g/mol. The van der Waals surface area contributed by atoms with E-state index in [1.54, 1.807) is 0 Å². The molecule has 1 aliphatic carbocycles. The molecule has 0 spiro atoms. The Morgan fingerprint density at radius 2 is 1.36 bits per heavy atom. The number of aliphatic carboxylic acids is 2. The van der Waals surface area contributed by atoms with Crippen molar-refractivity contribution < 1.29 is 24.6 Å². The number of ketones is 1. The number of carboxylic acids is 2. The molecule has 0 aliphatic heterocycles. The third-order valence-corrected chi connectivity index (χ3v) is 3.07. The summed E-state index contributed by atoms with van der Waals surface area (Å²) in [6.07, 6.45) is 0.175. The van der Waals surface area contributed by atoms with Crippen LogP contribution in [0.3, 0.4) is 0 Å². The molecule has 1 fully saturated rings. The molecule has 78 valence electrons. The molecule has 0 radical (unpaired) electrons. The Balaban J connectivity index is 3.12. The highest BCUT2D eigenvalue weighted by molar-refractivity contribution is 6.15. The van der Waals surface area contributed by atoms with E-state index >= 15 is 0 Å². The maximum Gasteiger partial charge on any atom is 0.316 e. The summed E-state index contributed by atoms with van der Waals surface area (Å²) in [5, 5.41) is 17.7. The second kappa shape index (κ2) is 2.80. The maximum atomic E-state index is 11.7. The van der Waals surface area contributed by atoms with Gasteiger partial charge in [0.25, 0.3) is 0 Å². The highest BCUT2D eigenvalue weighted by Crippen LogP contribution is 2.46. The van der Waals surface area contributed by atoms with Crippen molar-refractivity contribution in [3.8, 4) is 0 Å². The van der Waals surface area contributed by atoms with Gasteiger partial charge in [0.15, 0.2) is 5.78 Å². The topological polar surface area (TPSA) is 91.7 Å². The Morgan fingerprint density at radius 1 is 1.07 bits per heavy atom. The standard InChI is InChI=1S/C9H12O5/c1-8(6(11)12)3-4-9(2,5(8)10)7(13)14/h3-4H2,1-2H3,(H,11,12)(H,13,14)/t8-,9-/m1/s1. The first-order valence-electron chi connectivity index (χ1n) is 4.27. The van der Waals surface area contributed by atoms with Crippen LogP contribution >= 0.6 is 0 Å². The first-order chi connectivity index (χ1) is 6.25. The van der Waals surface area contributed by atoms with E-state index in [0.717, 1.165) is 0 Å². The third kappa shape index (κ3) is 1.12. The summed E-state index contributed by atoms with van der Waals surface area (Å²) in [5.74, 6) is -3.19. The number of carbonyl (C=O) groups excluding carboxylic acids is 1. The van der Waals surface area contributed by atoms with E-state index in [1.165, 1.54) is 13.8 Å². The fourth-order valence-electron chi connectivity index (χ4n) is 1.74. The summed E-state index contributed by atoms with van der Waals surface area (Å²) >= 11 is 0. The van der Waals surface area contributed by atoms with Crippen molar-refractivity contribution in [3.05, 3.63) is 0 Å². The highest BCUT2D eigenvalue weighted by Gasteiger charge is 2.59. The Kier molecular flexibility index (Phi) is 2.14. The molecule has 1 rings (SSSR count). The lowest BCUT2D eigenvalue weighted by atomic mass is 9.80. The summed E-state index contributed by atoms with van der Waals surface area (Å²) in [5.41, 5.74) is -3.07. The number of carbonyl (C=O) groups is 3. The van der Waals surface area contributed by atoms with Crippen LogP contribution in [0.25, 0.3) is 0 Å². The second-order valence-electron chi connectivity index (χ2n) is 4.10. The second-order valence-corrected chi connectivity index (χ2v) is 4.10. The Morgan fingerprint density at radius 3 is 1.50 bits per heavy atom. The maximum absolute atomic E-state index is 11.7. The number of carboxylic acid groups (broad SMARTS) is 2. The zero-order chi connectivity index (χ0) is 11.1. The molecule has 14 heavy (non-hydrogen) atoms. The van der Waals surface area contributed by atoms with E-state index in [0.29, 0.717) is 0 Å². The molecule has 0 aromatic heterocycles. The fraction of sp³-hybridized carbons (Fsp3) is 0.667. The Hall–Kier alpha value is -1.39. The van der Waals surface area contributed by atoms with Crippen molar-refractivity contribution in [1.82, 2.24) is 0 Å². The molecule has 0 heterocycles. The van der Waals surface area contributed by atoms with Crippen molar-refractivity contribution in [2.75, 3.05) is 0 Å². The molecule has 1 aliphatic rings. The van der Waals surface area contributed by atoms with E-state index in [-0.39, 0.29) is 12.8 Å². The Labute approximate surface area is 80.7 Å². The minimum Gasteiger partial charge on any atom is -0.481 e. The van der Waals surface area contributed by atoms with Gasteiger partial charge >= 0.3 is 11.9 Å². The lowest BCUT2D eigenvalue weighted by molar-refractivity contribution is -0.158. The number of Topliss-reactive ketones (excluding diaryl/α,β-unsaturated/α-hetero) is 1. The summed E-state index contributed by atoms with van der Waals surface area (Å²) in [4.78, 5) is 33.3. The average Bonchev–Trinajstić information content (AvgIpc) is 2.32. The molecule has 0 aromatic carbocycles. The smallest absolute Gasteiger partial charge is 0.316 e. The normalized spacial score (nSPS) is 37.1. The summed E-state index contributed by atoms with van der Waals surface area (Å²) < 4.78 is 0. The van der Waals surface area contributed by atoms with E-state index in [1.807, 2.05) is 0 Å². The van der Waals surface area contributed by atoms with E-state index in [2.05, 4.69) is 0 Å². The molecule has 0 amide bonds. The highest BCUT2D eigenvalue weighted by atomic mass is 16.4. The quantitative estimate of drug-likeness (QED) is 0.634. The van der Waals surface area contributed by atoms with Crippen molar-refractivity contribution in [3.63, 3.8) is 0 Å². The molecule has 2 N–H and O–H groups in total. The van der Waals surface area contributed by atoms with Crippen LogP contribution in [0.15, 0.2) is 0 Å². The van der Waals surface area contributed by atoms with Gasteiger partial charge < -0.3 is 10.2 Å². The molecule has 0 aromatic rings. The predicted molar refractivity (Wildman–Crippen MR) is 45.7 cm³/mol. The van der Waals surface area contributed by atoms with Crippen LogP contribution < -0.4 is 0 Å². The van der Waals surface area contributed by atoms with Crippen LogP contribution in [-0.4, -0.2) is 27.9 Å². The van der Waals surface area contributed by atoms with Crippen LogP contribution in [0, 0.1) is 10.8 Å². The summed E-state index contributed by atoms with van der Waals surface area (Å²) in [6, 6.07) is 0. The minimum atomic E-state index is -1.53. The van der Waals surface area contributed by atoms with Crippen molar-refractivity contribution in [1.29, 1.82) is 0 Å². The van der Waals surface area contributed by atoms with Gasteiger partial charge in [0.05, 0.1) is 0 Å². The van der Waals surface area contributed by atoms with E-state index in [4.69, 9.17) is 10.2 Å². The lowest BCUT2D eigenvalue weighted by Gasteiger charge is -2.20. The van der Waals surface area contributed by atoms with Gasteiger partial charge in [-0.1, -0.05) is 0 Å². The zero-order valence-electron chi connectivity index (χ0n) is 8.03. The SMILES string of the molecule is C[C@@]1(C(=O)O)CC[C@@](C)(C(=O)O)C1=O. The van der Waals surface area contributed by atoms with Gasteiger partial charge in [-0.3, -0.25) is 14.4 Å². The third-order valence-electron chi connectivity index (χ3n) is 3.07. The van der Waals surface area contributed by atoms with Gasteiger partial charge in [-0.2, -0.15) is 0 Å². The largest absolute Gasteiger partial charge is 0.481 e. The predicted octanol–water partition coefficient (Wildman–Crippen LogP) is 0.531. The molecular formula is C9H12O5. The monoisotopic (exact) mass is 200 g/mol. The number of hydrogen-bond acceptors (Lipinski definition) is 3. The molecule has 5 heteroatoms. The van der Waals surface area contributed by atoms with Crippen LogP contribution in [-0.2, 0) is 14.4 Å². The van der Waals surface area contributed by atoms with Crippen LogP contribution in [0.1, 0.15) is 26.7 Å². The molecule has 0 saturated heterocycles. The van der Waals surface area contributed by atoms with Crippen LogP contribution in [0.2, 0.25) is 0 Å². The molecule has 0 bridgehead atoms. The van der Waals surface area contributed by atoms with Gasteiger partial charge in [-0.25, -0.2) is 0 Å². The first kappa shape index (κ1) is 10.7. The van der Waals surface area contributed by atoms with E-state index < -0.39 is 28.6 Å². The van der Waals surface area contributed by atoms with Gasteiger partial charge in [-0.15, -0.1) is 0 Å². The number of rotatable bonds is 2. The Bertz CT molecular complexity index is 291. The molecule has 2 atom stereocenters.